The Hall–Kier alpha value is -2.26. The molecular weight excluding hydrogens is 366 g/mol. The molecule has 144 valence electrons. The highest BCUT2D eigenvalue weighted by atomic mass is 32.2. The van der Waals surface area contributed by atoms with Gasteiger partial charge in [-0.05, 0) is 25.5 Å². The van der Waals surface area contributed by atoms with Gasteiger partial charge in [0.25, 0.3) is 5.56 Å². The van der Waals surface area contributed by atoms with Crippen molar-refractivity contribution in [3.8, 4) is 11.3 Å². The lowest BCUT2D eigenvalue weighted by Gasteiger charge is -2.47. The Morgan fingerprint density at radius 2 is 1.96 bits per heavy atom. The minimum absolute atomic E-state index is 0.0761. The zero-order valence-electron chi connectivity index (χ0n) is 15.4. The summed E-state index contributed by atoms with van der Waals surface area (Å²) in [6, 6.07) is 5.41. The van der Waals surface area contributed by atoms with Crippen LogP contribution in [-0.2, 0) is 16.6 Å². The predicted molar refractivity (Wildman–Crippen MR) is 103 cm³/mol. The van der Waals surface area contributed by atoms with Crippen molar-refractivity contribution >= 4 is 16.0 Å². The predicted octanol–water partition coefficient (Wildman–Crippen LogP) is 0.795. The summed E-state index contributed by atoms with van der Waals surface area (Å²) in [6.45, 7) is 4.20. The number of fused-ring (bicyclic) bond motifs is 2. The first-order valence-corrected chi connectivity index (χ1v) is 11.0. The molecule has 0 bridgehead atoms. The molecule has 4 heterocycles. The number of anilines is 1. The standard InChI is InChI=1S/C18H23N5O3S/c1-3-22-16-6-9-21(27(2,25)26)11-14(16)12-23-17(24)10-15(20-18(22)23)13-4-7-19-8-5-13/h4-5,7-8,10,14,16H,3,6,9,11-12H2,1-2H3. The van der Waals surface area contributed by atoms with E-state index in [2.05, 4.69) is 9.88 Å². The molecule has 2 aliphatic heterocycles. The van der Waals surface area contributed by atoms with E-state index in [9.17, 15) is 13.2 Å². The Labute approximate surface area is 158 Å². The number of hydrogen-bond donors (Lipinski definition) is 0. The van der Waals surface area contributed by atoms with Crippen molar-refractivity contribution in [3.05, 3.63) is 40.9 Å². The molecule has 2 aromatic heterocycles. The SMILES string of the molecule is CCN1c2nc(-c3ccncc3)cc(=O)n2CC2CN(S(C)(=O)=O)CCC21. The van der Waals surface area contributed by atoms with Crippen molar-refractivity contribution < 1.29 is 8.42 Å². The second kappa shape index (κ2) is 6.72. The summed E-state index contributed by atoms with van der Waals surface area (Å²) in [4.78, 5) is 23.8. The lowest BCUT2D eigenvalue weighted by Crippen LogP contribution is -2.58. The molecular formula is C18H23N5O3S. The van der Waals surface area contributed by atoms with Gasteiger partial charge in [-0.15, -0.1) is 0 Å². The Kier molecular flexibility index (Phi) is 4.51. The number of aromatic nitrogens is 3. The van der Waals surface area contributed by atoms with E-state index in [4.69, 9.17) is 4.98 Å². The zero-order valence-corrected chi connectivity index (χ0v) is 16.3. The number of nitrogens with zero attached hydrogens (tertiary/aromatic N) is 5. The summed E-state index contributed by atoms with van der Waals surface area (Å²) in [5.41, 5.74) is 1.38. The summed E-state index contributed by atoms with van der Waals surface area (Å²) >= 11 is 0. The van der Waals surface area contributed by atoms with Crippen LogP contribution in [0.15, 0.2) is 35.4 Å². The summed E-state index contributed by atoms with van der Waals surface area (Å²) < 4.78 is 27.1. The monoisotopic (exact) mass is 389 g/mol. The van der Waals surface area contributed by atoms with Gasteiger partial charge in [0.2, 0.25) is 16.0 Å². The van der Waals surface area contributed by atoms with Gasteiger partial charge >= 0.3 is 0 Å². The van der Waals surface area contributed by atoms with E-state index < -0.39 is 10.0 Å². The average Bonchev–Trinajstić information content (AvgIpc) is 2.66. The van der Waals surface area contributed by atoms with E-state index >= 15 is 0 Å². The molecule has 0 aromatic carbocycles. The minimum atomic E-state index is -3.22. The van der Waals surface area contributed by atoms with Gasteiger partial charge in [0.15, 0.2) is 0 Å². The van der Waals surface area contributed by atoms with Crippen LogP contribution in [0.3, 0.4) is 0 Å². The van der Waals surface area contributed by atoms with Crippen molar-refractivity contribution in [1.82, 2.24) is 18.8 Å². The molecule has 0 N–H and O–H groups in total. The Morgan fingerprint density at radius 1 is 1.22 bits per heavy atom. The molecule has 2 atom stereocenters. The molecule has 2 aromatic rings. The fraction of sp³-hybridized carbons (Fsp3) is 0.500. The van der Waals surface area contributed by atoms with Gasteiger partial charge in [-0.2, -0.15) is 0 Å². The molecule has 1 fully saturated rings. The van der Waals surface area contributed by atoms with Gasteiger partial charge in [0.05, 0.1) is 11.9 Å². The highest BCUT2D eigenvalue weighted by molar-refractivity contribution is 7.88. The third-order valence-electron chi connectivity index (χ3n) is 5.50. The lowest BCUT2D eigenvalue weighted by atomic mass is 9.90. The van der Waals surface area contributed by atoms with Crippen molar-refractivity contribution in [2.75, 3.05) is 30.8 Å². The number of piperidine rings is 1. The number of pyridine rings is 1. The van der Waals surface area contributed by atoms with Crippen LogP contribution in [-0.4, -0.2) is 59.2 Å². The second-order valence-corrected chi connectivity index (χ2v) is 9.13. The maximum atomic E-state index is 12.8. The minimum Gasteiger partial charge on any atom is -0.339 e. The molecule has 2 unspecified atom stereocenters. The van der Waals surface area contributed by atoms with Gasteiger partial charge in [0, 0.05) is 62.2 Å². The molecule has 0 aliphatic carbocycles. The number of hydrogen-bond acceptors (Lipinski definition) is 6. The maximum absolute atomic E-state index is 12.8. The Bertz CT molecular complexity index is 1010. The van der Waals surface area contributed by atoms with E-state index in [1.807, 2.05) is 19.1 Å². The van der Waals surface area contributed by atoms with Gasteiger partial charge in [-0.1, -0.05) is 0 Å². The second-order valence-electron chi connectivity index (χ2n) is 7.15. The zero-order chi connectivity index (χ0) is 19.2. The molecule has 0 spiro atoms. The fourth-order valence-electron chi connectivity index (χ4n) is 4.19. The van der Waals surface area contributed by atoms with Gasteiger partial charge in [0.1, 0.15) is 0 Å². The molecule has 27 heavy (non-hydrogen) atoms. The van der Waals surface area contributed by atoms with E-state index in [-0.39, 0.29) is 17.5 Å². The number of sulfonamides is 1. The van der Waals surface area contributed by atoms with Gasteiger partial charge < -0.3 is 4.90 Å². The molecule has 4 rings (SSSR count). The quantitative estimate of drug-likeness (QED) is 0.771. The van der Waals surface area contributed by atoms with Crippen LogP contribution in [0.25, 0.3) is 11.3 Å². The first kappa shape index (κ1) is 18.1. The van der Waals surface area contributed by atoms with Crippen LogP contribution in [0.5, 0.6) is 0 Å². The average molecular weight is 389 g/mol. The van der Waals surface area contributed by atoms with E-state index in [0.717, 1.165) is 12.0 Å². The van der Waals surface area contributed by atoms with Crippen LogP contribution >= 0.6 is 0 Å². The summed E-state index contributed by atoms with van der Waals surface area (Å²) in [6.07, 6.45) is 5.35. The summed E-state index contributed by atoms with van der Waals surface area (Å²) in [5, 5.41) is 0. The van der Waals surface area contributed by atoms with E-state index in [0.29, 0.717) is 37.8 Å². The third-order valence-corrected chi connectivity index (χ3v) is 6.77. The van der Waals surface area contributed by atoms with E-state index in [1.165, 1.54) is 10.6 Å². The van der Waals surface area contributed by atoms with Gasteiger partial charge in [-0.3, -0.25) is 14.3 Å². The largest absolute Gasteiger partial charge is 0.339 e. The van der Waals surface area contributed by atoms with Crippen LogP contribution < -0.4 is 10.5 Å². The van der Waals surface area contributed by atoms with Crippen LogP contribution in [0.2, 0.25) is 0 Å². The highest BCUT2D eigenvalue weighted by Gasteiger charge is 2.40. The number of rotatable bonds is 3. The highest BCUT2D eigenvalue weighted by Crippen LogP contribution is 2.33. The first-order valence-electron chi connectivity index (χ1n) is 9.12. The van der Waals surface area contributed by atoms with Crippen molar-refractivity contribution in [2.45, 2.75) is 25.9 Å². The lowest BCUT2D eigenvalue weighted by molar-refractivity contribution is 0.189. The van der Waals surface area contributed by atoms with Crippen LogP contribution in [0, 0.1) is 5.92 Å². The van der Waals surface area contributed by atoms with Crippen molar-refractivity contribution in [1.29, 1.82) is 0 Å². The Balaban J connectivity index is 1.75. The molecule has 0 saturated carbocycles. The van der Waals surface area contributed by atoms with Crippen molar-refractivity contribution in [3.63, 3.8) is 0 Å². The molecule has 8 nitrogen and oxygen atoms in total. The fourth-order valence-corrected chi connectivity index (χ4v) is 5.09. The smallest absolute Gasteiger partial charge is 0.255 e. The van der Waals surface area contributed by atoms with Gasteiger partial charge in [-0.25, -0.2) is 17.7 Å². The third kappa shape index (κ3) is 3.25. The normalized spacial score (nSPS) is 23.0. The summed E-state index contributed by atoms with van der Waals surface area (Å²) in [7, 11) is -3.22. The molecule has 0 radical (unpaired) electrons. The molecule has 2 aliphatic rings. The summed E-state index contributed by atoms with van der Waals surface area (Å²) in [5.74, 6) is 0.748. The molecule has 0 amide bonds. The topological polar surface area (TPSA) is 88.4 Å². The van der Waals surface area contributed by atoms with Crippen LogP contribution in [0.4, 0.5) is 5.95 Å². The molecule has 9 heteroatoms. The van der Waals surface area contributed by atoms with Crippen molar-refractivity contribution in [2.24, 2.45) is 5.92 Å². The van der Waals surface area contributed by atoms with E-state index in [1.54, 1.807) is 23.0 Å². The first-order chi connectivity index (χ1) is 12.9. The maximum Gasteiger partial charge on any atom is 0.255 e. The Morgan fingerprint density at radius 3 is 2.63 bits per heavy atom. The van der Waals surface area contributed by atoms with Crippen LogP contribution in [0.1, 0.15) is 13.3 Å². The molecule has 1 saturated heterocycles.